The molecule has 0 saturated heterocycles. The minimum Gasteiger partial charge on any atom is -0.461 e. The summed E-state index contributed by atoms with van der Waals surface area (Å²) in [5, 5.41) is 22.3. The number of aromatic nitrogens is 2. The van der Waals surface area contributed by atoms with Crippen LogP contribution in [-0.2, 0) is 32.3 Å². The molecule has 5 N–H and O–H groups in total. The molecule has 2 aromatic rings. The van der Waals surface area contributed by atoms with E-state index in [1.54, 1.807) is 40.0 Å². The van der Waals surface area contributed by atoms with Crippen LogP contribution >= 0.6 is 34.9 Å². The van der Waals surface area contributed by atoms with E-state index < -0.39 is 49.1 Å². The first-order chi connectivity index (χ1) is 30.1. The number of hydrogen-bond acceptors (Lipinski definition) is 17. The number of aldehydes is 1. The van der Waals surface area contributed by atoms with Gasteiger partial charge in [-0.1, -0.05) is 104 Å². The smallest absolute Gasteiger partial charge is 0.357 e. The van der Waals surface area contributed by atoms with Gasteiger partial charge in [-0.05, 0) is 103 Å². The first kappa shape index (κ1) is 84.7. The van der Waals surface area contributed by atoms with Crippen LogP contribution in [0.15, 0.2) is 10.8 Å². The molecule has 0 radical (unpaired) electrons. The van der Waals surface area contributed by atoms with E-state index in [9.17, 15) is 19.2 Å². The number of esters is 2. The highest BCUT2D eigenvalue weighted by molar-refractivity contribution is 7.80. The zero-order chi connectivity index (χ0) is 54.1. The molecule has 1 amide bonds. The van der Waals surface area contributed by atoms with Crippen LogP contribution in [-0.4, -0.2) is 106 Å². The predicted molar refractivity (Wildman–Crippen MR) is 310 cm³/mol. The summed E-state index contributed by atoms with van der Waals surface area (Å²) in [6, 6.07) is 2.11. The molecule has 0 saturated carbocycles. The lowest BCUT2D eigenvalue weighted by Gasteiger charge is -2.38. The lowest BCUT2D eigenvalue weighted by Crippen LogP contribution is -2.46. The Balaban J connectivity index is -0.000000113. The average Bonchev–Trinajstić information content (AvgIpc) is 3.87. The first-order valence-electron chi connectivity index (χ1n) is 21.9. The van der Waals surface area contributed by atoms with Gasteiger partial charge in [-0.25, -0.2) is 19.6 Å². The van der Waals surface area contributed by atoms with Gasteiger partial charge in [-0.15, -0.1) is 22.7 Å². The Morgan fingerprint density at radius 2 is 1.04 bits per heavy atom. The van der Waals surface area contributed by atoms with E-state index in [1.165, 1.54) is 30.6 Å². The van der Waals surface area contributed by atoms with Crippen molar-refractivity contribution in [1.82, 2.24) is 9.97 Å². The number of nitriles is 1. The molecule has 0 aliphatic carbocycles. The van der Waals surface area contributed by atoms with E-state index in [0.717, 1.165) is 17.6 Å². The Labute approximate surface area is 448 Å². The molecule has 0 aromatic carbocycles. The standard InChI is InChI=1S/C9H21NO2Si.C9H21NOSSi.C9H19NOSi.C8H11NO3S.C8H9NO3S.C2H4O.4CH4/c1-7(8(10)11)12-13(5,6)9(2,3)4;1-7(8(10)12)11-13(5,6)9(2,3)4;1-8(7-10)11-12(5,6)9(2,3)4;2*1-3-12-8(11)6-4-13-7(9-6)5(2)10;1-2-3;;;;/h7H,1-6H3,(H2,10,11);7H,1-6H3,(H2,10,12);8H,1-6H3;4-5,10H,3H2,1-2H3;4H,3H2,1-2H3;2H,1H3;4*1H4. The SMILES string of the molecule is C.C.C.C.CC(C#N)O[Si](C)(C)C(C)(C)C.CC(O[Si](C)(C)C(C)(C)C)C(N)=O.CC(O[Si](C)(C)C(C)(C)C)C(N)=S.CC=O.CCOC(=O)c1csc(C(C)=O)n1.CCOC(=O)c1csc(C(C)O)n1. The molecule has 2 heterocycles. The maximum atomic E-state index is 11.1. The summed E-state index contributed by atoms with van der Waals surface area (Å²) in [5.41, 5.74) is 11.1. The van der Waals surface area contributed by atoms with Crippen molar-refractivity contribution >= 4 is 94.7 Å². The van der Waals surface area contributed by atoms with Gasteiger partial charge >= 0.3 is 11.9 Å². The number of aliphatic hydroxyl groups is 1. The fourth-order valence-electron chi connectivity index (χ4n) is 3.51. The van der Waals surface area contributed by atoms with E-state index in [-0.39, 0.29) is 80.1 Å². The molecule has 4 atom stereocenters. The predicted octanol–water partition coefficient (Wildman–Crippen LogP) is 13.1. The number of amides is 1. The zero-order valence-electron chi connectivity index (χ0n) is 44.7. The number of nitrogens with two attached hydrogens (primary N) is 2. The third kappa shape index (κ3) is 35.6. The van der Waals surface area contributed by atoms with Gasteiger partial charge < -0.3 is 44.1 Å². The van der Waals surface area contributed by atoms with Crippen molar-refractivity contribution in [3.63, 3.8) is 0 Å². The number of thiocarbonyl (C=S) groups is 1. The first-order valence-corrected chi connectivity index (χ1v) is 32.8. The second kappa shape index (κ2) is 38.5. The molecule has 0 aliphatic rings. The summed E-state index contributed by atoms with van der Waals surface area (Å²) >= 11 is 7.28. The van der Waals surface area contributed by atoms with Crippen molar-refractivity contribution in [2.24, 2.45) is 11.5 Å². The number of ether oxygens (including phenoxy) is 2. The van der Waals surface area contributed by atoms with Gasteiger partial charge in [0, 0.05) is 17.7 Å². The highest BCUT2D eigenvalue weighted by Crippen LogP contribution is 2.39. The number of carbonyl (C=O) groups is 5. The minimum absolute atomic E-state index is 0. The largest absolute Gasteiger partial charge is 0.461 e. The van der Waals surface area contributed by atoms with Crippen molar-refractivity contribution in [2.45, 2.75) is 226 Å². The maximum Gasteiger partial charge on any atom is 0.357 e. The number of hydrogen-bond donors (Lipinski definition) is 3. The summed E-state index contributed by atoms with van der Waals surface area (Å²) in [6.45, 7) is 46.4. The monoisotopic (exact) mass is 1120 g/mol. The highest BCUT2D eigenvalue weighted by atomic mass is 32.1. The molecule has 0 fully saturated rings. The van der Waals surface area contributed by atoms with Crippen molar-refractivity contribution in [2.75, 3.05) is 13.2 Å². The average molecular weight is 1120 g/mol. The summed E-state index contributed by atoms with van der Waals surface area (Å²) < 4.78 is 26.9. The quantitative estimate of drug-likeness (QED) is 0.0522. The molecule has 2 rings (SSSR count). The number of Topliss-reactive ketones (excluding diaryl/α,β-unsaturated/α-hetero) is 1. The van der Waals surface area contributed by atoms with Crippen LogP contribution in [0.4, 0.5) is 0 Å². The van der Waals surface area contributed by atoms with Gasteiger partial charge in [0.15, 0.2) is 47.1 Å². The summed E-state index contributed by atoms with van der Waals surface area (Å²) in [5.74, 6) is -1.44. The molecule has 0 aliphatic heterocycles. The second-order valence-corrected chi connectivity index (χ2v) is 36.0. The number of ketones is 1. The topological polar surface area (TPSA) is 253 Å². The lowest BCUT2D eigenvalue weighted by atomic mass is 10.2. The van der Waals surface area contributed by atoms with Gasteiger partial charge in [0.05, 0.1) is 25.4 Å². The van der Waals surface area contributed by atoms with E-state index in [4.69, 9.17) is 61.6 Å². The molecule has 4 unspecified atom stereocenters. The van der Waals surface area contributed by atoms with Crippen LogP contribution < -0.4 is 11.5 Å². The number of nitrogens with zero attached hydrogens (tertiary/aromatic N) is 3. The fraction of sp³-hybridized carbons (Fsp3) is 0.735. The molecule has 418 valence electrons. The van der Waals surface area contributed by atoms with Crippen molar-refractivity contribution < 1.29 is 51.8 Å². The molecule has 0 spiro atoms. The minimum atomic E-state index is -1.83. The van der Waals surface area contributed by atoms with E-state index in [1.807, 2.05) is 6.92 Å². The summed E-state index contributed by atoms with van der Waals surface area (Å²) in [6.07, 6.45) is -0.726. The van der Waals surface area contributed by atoms with E-state index >= 15 is 0 Å². The van der Waals surface area contributed by atoms with Crippen molar-refractivity contribution in [1.29, 1.82) is 5.26 Å². The number of aliphatic hydroxyl groups excluding tert-OH is 1. The van der Waals surface area contributed by atoms with Crippen LogP contribution in [0.5, 0.6) is 0 Å². The van der Waals surface area contributed by atoms with Gasteiger partial charge in [0.2, 0.25) is 5.91 Å². The molecule has 2 aromatic heterocycles. The Kier molecular flexibility index (Phi) is 45.9. The van der Waals surface area contributed by atoms with Crippen molar-refractivity contribution in [3.8, 4) is 6.07 Å². The van der Waals surface area contributed by atoms with Crippen molar-refractivity contribution in [3.05, 3.63) is 32.2 Å². The number of primary amides is 1. The molecule has 22 heteroatoms. The van der Waals surface area contributed by atoms with Crippen LogP contribution in [0.3, 0.4) is 0 Å². The Hall–Kier alpha value is -3.12. The Morgan fingerprint density at radius 1 is 0.718 bits per heavy atom. The highest BCUT2D eigenvalue weighted by Gasteiger charge is 2.40. The van der Waals surface area contributed by atoms with Gasteiger partial charge in [0.25, 0.3) is 0 Å². The van der Waals surface area contributed by atoms with Crippen LogP contribution in [0.1, 0.15) is 189 Å². The zero-order valence-corrected chi connectivity index (χ0v) is 50.2. The molecular formula is C49H101N5O11S3Si3. The van der Waals surface area contributed by atoms with Gasteiger partial charge in [-0.3, -0.25) is 9.59 Å². The number of carbonyl (C=O) groups excluding carboxylic acids is 5. The van der Waals surface area contributed by atoms with E-state index in [0.29, 0.717) is 28.2 Å². The van der Waals surface area contributed by atoms with Gasteiger partial charge in [0.1, 0.15) is 34.6 Å². The molecular weight excluding hydrogens is 1020 g/mol. The molecule has 71 heavy (non-hydrogen) atoms. The summed E-state index contributed by atoms with van der Waals surface area (Å²) in [7, 11) is -5.24. The fourth-order valence-corrected chi connectivity index (χ4v) is 9.07. The summed E-state index contributed by atoms with van der Waals surface area (Å²) in [4.78, 5) is 60.9. The normalized spacial score (nSPS) is 12.5. The second-order valence-electron chi connectivity index (χ2n) is 19.5. The van der Waals surface area contributed by atoms with Crippen LogP contribution in [0.2, 0.25) is 54.4 Å². The molecule has 16 nitrogen and oxygen atoms in total. The number of rotatable bonds is 14. The Morgan fingerprint density at radius 3 is 1.30 bits per heavy atom. The maximum absolute atomic E-state index is 11.1. The van der Waals surface area contributed by atoms with Gasteiger partial charge in [-0.2, -0.15) is 5.26 Å². The van der Waals surface area contributed by atoms with Crippen LogP contribution in [0, 0.1) is 11.3 Å². The Bertz CT molecular complexity index is 1820. The number of thiazole rings is 2. The third-order valence-electron chi connectivity index (χ3n) is 10.5. The lowest BCUT2D eigenvalue weighted by molar-refractivity contribution is -0.124. The molecule has 0 bridgehead atoms. The van der Waals surface area contributed by atoms with Crippen LogP contribution in [0.25, 0.3) is 0 Å². The van der Waals surface area contributed by atoms with E-state index in [2.05, 4.69) is 118 Å². The third-order valence-corrected chi connectivity index (χ3v) is 26.4.